The van der Waals surface area contributed by atoms with Crippen molar-refractivity contribution in [3.63, 3.8) is 0 Å². The summed E-state index contributed by atoms with van der Waals surface area (Å²) in [6.45, 7) is 3.04. The fraction of sp³-hybridized carbons (Fsp3) is 0.333. The maximum absolute atomic E-state index is 13.0. The maximum atomic E-state index is 13.0. The lowest BCUT2D eigenvalue weighted by atomic mass is 10.0. The van der Waals surface area contributed by atoms with Gasteiger partial charge in [0, 0.05) is 29.1 Å². The van der Waals surface area contributed by atoms with Crippen molar-refractivity contribution in [2.24, 2.45) is 0 Å². The zero-order valence-electron chi connectivity index (χ0n) is 13.8. The van der Waals surface area contributed by atoms with Crippen LogP contribution < -0.4 is 0 Å². The van der Waals surface area contributed by atoms with Crippen LogP contribution in [0, 0.1) is 6.92 Å². The number of thioether (sulfide) groups is 1. The van der Waals surface area contributed by atoms with Gasteiger partial charge in [0.2, 0.25) is 10.0 Å². The molecule has 3 rings (SSSR count). The summed E-state index contributed by atoms with van der Waals surface area (Å²) in [6, 6.07) is 12.8. The first kappa shape index (κ1) is 19.1. The summed E-state index contributed by atoms with van der Waals surface area (Å²) in [5.41, 5.74) is 2.53. The van der Waals surface area contributed by atoms with Crippen molar-refractivity contribution < 1.29 is 8.42 Å². The molecule has 1 aliphatic rings. The minimum absolute atomic E-state index is 0.0843. The Morgan fingerprint density at radius 2 is 1.88 bits per heavy atom. The molecule has 7 heteroatoms. The predicted molar refractivity (Wildman–Crippen MR) is 106 cm³/mol. The molecule has 1 fully saturated rings. The smallest absolute Gasteiger partial charge is 0.207 e. The number of sulfonamides is 1. The van der Waals surface area contributed by atoms with E-state index in [1.165, 1.54) is 27.6 Å². The van der Waals surface area contributed by atoms with Crippen molar-refractivity contribution in [3.05, 3.63) is 63.6 Å². The summed E-state index contributed by atoms with van der Waals surface area (Å²) >= 11 is 13.9. The standard InChI is InChI=1S/C18H19Cl2NO2S2/c1-13-4-2-3-5-15(13)17-8-9-21(10-11-24-17)25(22,23)18-12-14(19)6-7-16(18)20/h2-7,12,17H,8-11H2,1H3. The molecule has 2 aromatic rings. The molecule has 0 saturated carbocycles. The fourth-order valence-corrected chi connectivity index (χ4v) is 6.64. The highest BCUT2D eigenvalue weighted by Gasteiger charge is 2.30. The van der Waals surface area contributed by atoms with Gasteiger partial charge in [-0.3, -0.25) is 0 Å². The van der Waals surface area contributed by atoms with E-state index in [9.17, 15) is 8.42 Å². The summed E-state index contributed by atoms with van der Waals surface area (Å²) in [5.74, 6) is 0.746. The molecular formula is C18H19Cl2NO2S2. The number of halogens is 2. The van der Waals surface area contributed by atoms with E-state index in [1.807, 2.05) is 23.9 Å². The summed E-state index contributed by atoms with van der Waals surface area (Å²) in [7, 11) is -3.65. The van der Waals surface area contributed by atoms with Gasteiger partial charge in [-0.2, -0.15) is 16.1 Å². The van der Waals surface area contributed by atoms with Crippen molar-refractivity contribution in [2.45, 2.75) is 23.5 Å². The van der Waals surface area contributed by atoms with Gasteiger partial charge in [-0.15, -0.1) is 0 Å². The molecule has 2 aromatic carbocycles. The number of rotatable bonds is 3. The molecular weight excluding hydrogens is 397 g/mol. The van der Waals surface area contributed by atoms with Gasteiger partial charge in [0.15, 0.2) is 0 Å². The molecule has 0 amide bonds. The molecule has 1 unspecified atom stereocenters. The van der Waals surface area contributed by atoms with Crippen LogP contribution in [0.15, 0.2) is 47.4 Å². The van der Waals surface area contributed by atoms with E-state index in [0.717, 1.165) is 12.2 Å². The molecule has 1 heterocycles. The second-order valence-corrected chi connectivity index (χ2v) is 10.0. The molecule has 0 bridgehead atoms. The predicted octanol–water partition coefficient (Wildman–Crippen LogP) is 5.17. The van der Waals surface area contributed by atoms with E-state index < -0.39 is 10.0 Å². The first-order valence-corrected chi connectivity index (χ1v) is 11.3. The van der Waals surface area contributed by atoms with Crippen LogP contribution in [0.4, 0.5) is 0 Å². The Kier molecular flexibility index (Phi) is 6.01. The maximum Gasteiger partial charge on any atom is 0.244 e. The lowest BCUT2D eigenvalue weighted by molar-refractivity contribution is 0.428. The van der Waals surface area contributed by atoms with E-state index in [1.54, 1.807) is 6.07 Å². The molecule has 0 aliphatic carbocycles. The topological polar surface area (TPSA) is 37.4 Å². The highest BCUT2D eigenvalue weighted by Crippen LogP contribution is 2.37. The lowest BCUT2D eigenvalue weighted by Crippen LogP contribution is -2.33. The Morgan fingerprint density at radius 3 is 2.64 bits per heavy atom. The average molecular weight is 416 g/mol. The van der Waals surface area contributed by atoms with Crippen molar-refractivity contribution in [1.29, 1.82) is 0 Å². The van der Waals surface area contributed by atoms with E-state index in [-0.39, 0.29) is 9.92 Å². The van der Waals surface area contributed by atoms with E-state index in [0.29, 0.717) is 23.4 Å². The second kappa shape index (κ2) is 7.89. The molecule has 25 heavy (non-hydrogen) atoms. The van der Waals surface area contributed by atoms with Crippen LogP contribution in [0.25, 0.3) is 0 Å². The summed E-state index contributed by atoms with van der Waals surface area (Å²) in [5, 5.41) is 0.873. The number of hydrogen-bond acceptors (Lipinski definition) is 3. The number of aryl methyl sites for hydroxylation is 1. The van der Waals surface area contributed by atoms with E-state index >= 15 is 0 Å². The Bertz CT molecular complexity index is 871. The van der Waals surface area contributed by atoms with Crippen LogP contribution in [0.1, 0.15) is 22.8 Å². The molecule has 0 N–H and O–H groups in total. The van der Waals surface area contributed by atoms with Gasteiger partial charge >= 0.3 is 0 Å². The minimum atomic E-state index is -3.65. The number of hydrogen-bond donors (Lipinski definition) is 0. The highest BCUT2D eigenvalue weighted by atomic mass is 35.5. The largest absolute Gasteiger partial charge is 0.244 e. The first-order valence-electron chi connectivity index (χ1n) is 8.02. The van der Waals surface area contributed by atoms with Crippen molar-refractivity contribution in [1.82, 2.24) is 4.31 Å². The van der Waals surface area contributed by atoms with Crippen LogP contribution >= 0.6 is 35.0 Å². The molecule has 0 radical (unpaired) electrons. The van der Waals surface area contributed by atoms with Gasteiger partial charge in [-0.25, -0.2) is 8.42 Å². The molecule has 1 atom stereocenters. The van der Waals surface area contributed by atoms with Crippen molar-refractivity contribution >= 4 is 45.0 Å². The Hall–Kier alpha value is -0.720. The molecule has 0 aromatic heterocycles. The third kappa shape index (κ3) is 4.17. The first-order chi connectivity index (χ1) is 11.9. The Morgan fingerprint density at radius 1 is 1.12 bits per heavy atom. The third-order valence-electron chi connectivity index (χ3n) is 4.35. The van der Waals surface area contributed by atoms with Crippen LogP contribution in [0.3, 0.4) is 0 Å². The van der Waals surface area contributed by atoms with Gasteiger partial charge in [-0.1, -0.05) is 47.5 Å². The summed E-state index contributed by atoms with van der Waals surface area (Å²) in [6.07, 6.45) is 0.771. The van der Waals surface area contributed by atoms with Crippen LogP contribution in [-0.2, 0) is 10.0 Å². The fourth-order valence-electron chi connectivity index (χ4n) is 3.00. The quantitative estimate of drug-likeness (QED) is 0.693. The van der Waals surface area contributed by atoms with Crippen LogP contribution in [0.5, 0.6) is 0 Å². The number of nitrogens with zero attached hydrogens (tertiary/aromatic N) is 1. The van der Waals surface area contributed by atoms with Gasteiger partial charge in [0.1, 0.15) is 4.90 Å². The van der Waals surface area contributed by atoms with Gasteiger partial charge in [0.05, 0.1) is 5.02 Å². The average Bonchev–Trinajstić information content (AvgIpc) is 2.84. The molecule has 0 spiro atoms. The summed E-state index contributed by atoms with van der Waals surface area (Å²) < 4.78 is 27.5. The van der Waals surface area contributed by atoms with Gasteiger partial charge in [0.25, 0.3) is 0 Å². The van der Waals surface area contributed by atoms with E-state index in [2.05, 4.69) is 19.1 Å². The number of benzene rings is 2. The van der Waals surface area contributed by atoms with Crippen LogP contribution in [-0.4, -0.2) is 31.6 Å². The van der Waals surface area contributed by atoms with E-state index in [4.69, 9.17) is 23.2 Å². The van der Waals surface area contributed by atoms with Gasteiger partial charge in [-0.05, 0) is 42.7 Å². The van der Waals surface area contributed by atoms with Crippen molar-refractivity contribution in [2.75, 3.05) is 18.8 Å². The third-order valence-corrected chi connectivity index (χ3v) is 8.27. The lowest BCUT2D eigenvalue weighted by Gasteiger charge is -2.21. The highest BCUT2D eigenvalue weighted by molar-refractivity contribution is 7.99. The minimum Gasteiger partial charge on any atom is -0.207 e. The SMILES string of the molecule is Cc1ccccc1C1CCN(S(=O)(=O)c2cc(Cl)ccc2Cl)CCS1. The molecule has 1 aliphatic heterocycles. The molecule has 134 valence electrons. The molecule has 3 nitrogen and oxygen atoms in total. The zero-order chi connectivity index (χ0) is 18.0. The normalized spacial score (nSPS) is 19.6. The Balaban J connectivity index is 1.83. The Labute approximate surface area is 163 Å². The summed E-state index contributed by atoms with van der Waals surface area (Å²) in [4.78, 5) is 0.0843. The second-order valence-electron chi connectivity index (χ2n) is 5.98. The zero-order valence-corrected chi connectivity index (χ0v) is 16.9. The van der Waals surface area contributed by atoms with Crippen molar-refractivity contribution in [3.8, 4) is 0 Å². The van der Waals surface area contributed by atoms with Crippen LogP contribution in [0.2, 0.25) is 10.0 Å². The molecule has 1 saturated heterocycles. The van der Waals surface area contributed by atoms with Gasteiger partial charge < -0.3 is 0 Å². The monoisotopic (exact) mass is 415 g/mol.